The number of hydrogen-bond acceptors (Lipinski definition) is 2. The van der Waals surface area contributed by atoms with Crippen LogP contribution in [0.1, 0.15) is 12.8 Å². The van der Waals surface area contributed by atoms with Crippen molar-refractivity contribution in [2.75, 3.05) is 26.4 Å². The van der Waals surface area contributed by atoms with Gasteiger partial charge in [-0.25, -0.2) is 4.39 Å². The Bertz CT molecular complexity index is 83.7. The van der Waals surface area contributed by atoms with Crippen molar-refractivity contribution < 1.29 is 9.13 Å². The summed E-state index contributed by atoms with van der Waals surface area (Å²) in [4.78, 5) is 0. The molecule has 1 rings (SSSR count). The van der Waals surface area contributed by atoms with Crippen LogP contribution in [-0.4, -0.2) is 32.5 Å². The van der Waals surface area contributed by atoms with Gasteiger partial charge in [0.1, 0.15) is 6.67 Å². The molecular formula is C7H14FNO. The standard InChI is InChI=1S/C7H14FNO/c8-3-4-9-7-2-1-5-10-6-7/h7,9H,1-6H2. The summed E-state index contributed by atoms with van der Waals surface area (Å²) < 4.78 is 16.8. The van der Waals surface area contributed by atoms with Gasteiger partial charge in [-0.1, -0.05) is 0 Å². The zero-order valence-electron chi connectivity index (χ0n) is 6.11. The van der Waals surface area contributed by atoms with Gasteiger partial charge in [-0.15, -0.1) is 0 Å². The van der Waals surface area contributed by atoms with Crippen molar-refractivity contribution in [3.8, 4) is 0 Å². The Hall–Kier alpha value is -0.150. The lowest BCUT2D eigenvalue weighted by molar-refractivity contribution is 0.0701. The van der Waals surface area contributed by atoms with E-state index in [9.17, 15) is 4.39 Å². The number of halogens is 1. The summed E-state index contributed by atoms with van der Waals surface area (Å²) in [6, 6.07) is 0.393. The molecule has 0 radical (unpaired) electrons. The monoisotopic (exact) mass is 147 g/mol. The molecule has 0 aromatic rings. The number of rotatable bonds is 3. The molecule has 0 saturated carbocycles. The van der Waals surface area contributed by atoms with Crippen molar-refractivity contribution in [1.82, 2.24) is 5.32 Å². The molecule has 1 fully saturated rings. The molecule has 1 atom stereocenters. The predicted octanol–water partition coefficient (Wildman–Crippen LogP) is 0.724. The van der Waals surface area contributed by atoms with Crippen molar-refractivity contribution in [3.63, 3.8) is 0 Å². The SMILES string of the molecule is FCCNC1CCCOC1. The average Bonchev–Trinajstić information content (AvgIpc) is 2.03. The van der Waals surface area contributed by atoms with Crippen LogP contribution in [0.4, 0.5) is 4.39 Å². The summed E-state index contributed by atoms with van der Waals surface area (Å²) in [5.74, 6) is 0. The van der Waals surface area contributed by atoms with Crippen molar-refractivity contribution in [2.45, 2.75) is 18.9 Å². The van der Waals surface area contributed by atoms with Gasteiger partial charge in [-0.2, -0.15) is 0 Å². The molecule has 0 amide bonds. The molecule has 0 spiro atoms. The molecule has 1 aliphatic rings. The molecule has 1 saturated heterocycles. The second-order valence-electron chi connectivity index (χ2n) is 2.56. The number of alkyl halides is 1. The zero-order chi connectivity index (χ0) is 7.23. The molecule has 2 nitrogen and oxygen atoms in total. The first-order valence-electron chi connectivity index (χ1n) is 3.80. The van der Waals surface area contributed by atoms with Crippen LogP contribution in [0.5, 0.6) is 0 Å². The van der Waals surface area contributed by atoms with E-state index < -0.39 is 0 Å². The Morgan fingerprint density at radius 2 is 2.50 bits per heavy atom. The van der Waals surface area contributed by atoms with Gasteiger partial charge in [-0.3, -0.25) is 0 Å². The van der Waals surface area contributed by atoms with Gasteiger partial charge in [-0.05, 0) is 12.8 Å². The smallest absolute Gasteiger partial charge is 0.102 e. The van der Waals surface area contributed by atoms with Gasteiger partial charge in [0.05, 0.1) is 6.61 Å². The van der Waals surface area contributed by atoms with Gasteiger partial charge in [0, 0.05) is 19.2 Å². The Balaban J connectivity index is 2.02. The van der Waals surface area contributed by atoms with Gasteiger partial charge < -0.3 is 10.1 Å². The van der Waals surface area contributed by atoms with E-state index in [2.05, 4.69) is 5.32 Å². The van der Waals surface area contributed by atoms with Crippen LogP contribution in [-0.2, 0) is 4.74 Å². The van der Waals surface area contributed by atoms with E-state index in [4.69, 9.17) is 4.74 Å². The highest BCUT2D eigenvalue weighted by Gasteiger charge is 2.11. The maximum absolute atomic E-state index is 11.6. The fraction of sp³-hybridized carbons (Fsp3) is 1.00. The summed E-state index contributed by atoms with van der Waals surface area (Å²) in [6.45, 7) is 1.80. The molecular weight excluding hydrogens is 133 g/mol. The van der Waals surface area contributed by atoms with E-state index in [1.54, 1.807) is 0 Å². The summed E-state index contributed by atoms with van der Waals surface area (Å²) in [7, 11) is 0. The van der Waals surface area contributed by atoms with E-state index in [1.165, 1.54) is 0 Å². The highest BCUT2D eigenvalue weighted by molar-refractivity contribution is 4.68. The average molecular weight is 147 g/mol. The van der Waals surface area contributed by atoms with Crippen LogP contribution in [0.25, 0.3) is 0 Å². The third kappa shape index (κ3) is 2.62. The van der Waals surface area contributed by atoms with Crippen LogP contribution in [0.15, 0.2) is 0 Å². The van der Waals surface area contributed by atoms with E-state index in [-0.39, 0.29) is 6.67 Å². The Morgan fingerprint density at radius 3 is 3.10 bits per heavy atom. The van der Waals surface area contributed by atoms with Gasteiger partial charge in [0.25, 0.3) is 0 Å². The maximum Gasteiger partial charge on any atom is 0.102 e. The zero-order valence-corrected chi connectivity index (χ0v) is 6.11. The number of ether oxygens (including phenoxy) is 1. The largest absolute Gasteiger partial charge is 0.380 e. The van der Waals surface area contributed by atoms with Crippen LogP contribution >= 0.6 is 0 Å². The first-order valence-corrected chi connectivity index (χ1v) is 3.80. The second kappa shape index (κ2) is 4.63. The molecule has 1 aliphatic heterocycles. The minimum atomic E-state index is -0.281. The van der Waals surface area contributed by atoms with Gasteiger partial charge in [0.2, 0.25) is 0 Å². The lowest BCUT2D eigenvalue weighted by Crippen LogP contribution is -2.37. The van der Waals surface area contributed by atoms with E-state index in [1.807, 2.05) is 0 Å². The number of hydrogen-bond donors (Lipinski definition) is 1. The molecule has 60 valence electrons. The third-order valence-electron chi connectivity index (χ3n) is 1.69. The molecule has 0 aliphatic carbocycles. The van der Waals surface area contributed by atoms with Gasteiger partial charge >= 0.3 is 0 Å². The maximum atomic E-state index is 11.6. The van der Waals surface area contributed by atoms with Crippen LogP contribution in [0.2, 0.25) is 0 Å². The highest BCUT2D eigenvalue weighted by Crippen LogP contribution is 2.04. The molecule has 10 heavy (non-hydrogen) atoms. The quantitative estimate of drug-likeness (QED) is 0.635. The summed E-state index contributed by atoms with van der Waals surface area (Å²) in [5, 5.41) is 3.07. The van der Waals surface area contributed by atoms with Crippen molar-refractivity contribution in [1.29, 1.82) is 0 Å². The Morgan fingerprint density at radius 1 is 1.60 bits per heavy atom. The summed E-state index contributed by atoms with van der Waals surface area (Å²) >= 11 is 0. The van der Waals surface area contributed by atoms with Crippen LogP contribution < -0.4 is 5.32 Å². The van der Waals surface area contributed by atoms with Crippen LogP contribution in [0.3, 0.4) is 0 Å². The number of nitrogens with one attached hydrogen (secondary N) is 1. The van der Waals surface area contributed by atoms with E-state index >= 15 is 0 Å². The molecule has 0 aromatic carbocycles. The first-order chi connectivity index (χ1) is 4.93. The van der Waals surface area contributed by atoms with Crippen molar-refractivity contribution in [3.05, 3.63) is 0 Å². The molecule has 1 N–H and O–H groups in total. The minimum Gasteiger partial charge on any atom is -0.380 e. The molecule has 1 unspecified atom stereocenters. The topological polar surface area (TPSA) is 21.3 Å². The molecule has 3 heteroatoms. The predicted molar refractivity (Wildman–Crippen MR) is 37.8 cm³/mol. The second-order valence-corrected chi connectivity index (χ2v) is 2.56. The fourth-order valence-electron chi connectivity index (χ4n) is 1.16. The molecule has 0 aromatic heterocycles. The summed E-state index contributed by atoms with van der Waals surface area (Å²) in [5.41, 5.74) is 0. The normalized spacial score (nSPS) is 26.7. The highest BCUT2D eigenvalue weighted by atomic mass is 19.1. The molecule has 1 heterocycles. The first kappa shape index (κ1) is 7.95. The van der Waals surface area contributed by atoms with Gasteiger partial charge in [0.15, 0.2) is 0 Å². The minimum absolute atomic E-state index is 0.281. The van der Waals surface area contributed by atoms with Crippen LogP contribution in [0, 0.1) is 0 Å². The van der Waals surface area contributed by atoms with E-state index in [0.717, 1.165) is 26.1 Å². The van der Waals surface area contributed by atoms with Crippen molar-refractivity contribution >= 4 is 0 Å². The lowest BCUT2D eigenvalue weighted by atomic mass is 10.1. The lowest BCUT2D eigenvalue weighted by Gasteiger charge is -2.22. The third-order valence-corrected chi connectivity index (χ3v) is 1.69. The summed E-state index contributed by atoms with van der Waals surface area (Å²) in [6.07, 6.45) is 2.23. The molecule has 0 bridgehead atoms. The van der Waals surface area contributed by atoms with Crippen molar-refractivity contribution in [2.24, 2.45) is 0 Å². The van der Waals surface area contributed by atoms with E-state index in [0.29, 0.717) is 12.6 Å². The Labute approximate surface area is 60.8 Å². The Kier molecular flexibility index (Phi) is 3.68. The fourth-order valence-corrected chi connectivity index (χ4v) is 1.16.